The standard InChI is InChI=1S/C30H52O3/c1-17(2)19(4)28(6)16-25(28)18(3)22-8-9-23-21-14-26(32)30(33)15-20(31)10-13-29(30,7)24(21)11-12-27(22,23)5/h17-26,31-33H,8-16H2,1-7H3/t18-,19+,20-,21?,22+,23?,24?,25+,26+,27+,28+,29+,30-/m0/s1. The average molecular weight is 461 g/mol. The van der Waals surface area contributed by atoms with E-state index in [-0.39, 0.29) is 5.41 Å². The largest absolute Gasteiger partial charge is 0.393 e. The molecule has 3 heteroatoms. The molecule has 13 atom stereocenters. The van der Waals surface area contributed by atoms with E-state index in [4.69, 9.17) is 0 Å². The van der Waals surface area contributed by atoms with Crippen LogP contribution in [0.4, 0.5) is 0 Å². The summed E-state index contributed by atoms with van der Waals surface area (Å²) in [5, 5.41) is 33.3. The molecule has 0 saturated heterocycles. The fourth-order valence-electron chi connectivity index (χ4n) is 10.9. The van der Waals surface area contributed by atoms with Crippen LogP contribution in [0.15, 0.2) is 0 Å². The third kappa shape index (κ3) is 3.23. The van der Waals surface area contributed by atoms with Crippen molar-refractivity contribution in [3.05, 3.63) is 0 Å². The molecule has 3 N–H and O–H groups in total. The zero-order chi connectivity index (χ0) is 24.1. The summed E-state index contributed by atoms with van der Waals surface area (Å²) in [7, 11) is 0. The smallest absolute Gasteiger partial charge is 0.0985 e. The molecule has 0 spiro atoms. The van der Waals surface area contributed by atoms with Crippen molar-refractivity contribution >= 4 is 0 Å². The highest BCUT2D eigenvalue weighted by Crippen LogP contribution is 2.72. The van der Waals surface area contributed by atoms with Crippen LogP contribution < -0.4 is 0 Å². The zero-order valence-electron chi connectivity index (χ0n) is 22.5. The van der Waals surface area contributed by atoms with Crippen molar-refractivity contribution in [3.8, 4) is 0 Å². The van der Waals surface area contributed by atoms with Crippen LogP contribution in [0.25, 0.3) is 0 Å². The molecule has 3 nitrogen and oxygen atoms in total. The molecule has 33 heavy (non-hydrogen) atoms. The predicted octanol–water partition coefficient (Wildman–Crippen LogP) is 6.05. The number of fused-ring (bicyclic) bond motifs is 5. The molecule has 3 unspecified atom stereocenters. The molecule has 5 saturated carbocycles. The molecular formula is C30H52O3. The summed E-state index contributed by atoms with van der Waals surface area (Å²) in [5.41, 5.74) is -0.479. The number of aliphatic hydroxyl groups is 3. The van der Waals surface area contributed by atoms with Gasteiger partial charge in [0.2, 0.25) is 0 Å². The van der Waals surface area contributed by atoms with Gasteiger partial charge in [-0.2, -0.15) is 0 Å². The monoisotopic (exact) mass is 460 g/mol. The van der Waals surface area contributed by atoms with Gasteiger partial charge in [0.15, 0.2) is 0 Å². The van der Waals surface area contributed by atoms with Crippen molar-refractivity contribution in [2.45, 2.75) is 124 Å². The fraction of sp³-hybridized carbons (Fsp3) is 1.00. The van der Waals surface area contributed by atoms with Crippen LogP contribution >= 0.6 is 0 Å². The molecule has 5 rings (SSSR count). The second-order valence-corrected chi connectivity index (χ2v) is 14.8. The van der Waals surface area contributed by atoms with E-state index in [2.05, 4.69) is 48.5 Å². The Morgan fingerprint density at radius 3 is 2.15 bits per heavy atom. The van der Waals surface area contributed by atoms with Crippen LogP contribution in [0.5, 0.6) is 0 Å². The molecule has 0 heterocycles. The lowest BCUT2D eigenvalue weighted by molar-refractivity contribution is -0.265. The van der Waals surface area contributed by atoms with E-state index in [1.807, 2.05) is 0 Å². The summed E-state index contributed by atoms with van der Waals surface area (Å²) in [5.74, 6) is 5.69. The molecule has 5 aliphatic carbocycles. The Morgan fingerprint density at radius 1 is 0.788 bits per heavy atom. The molecule has 0 amide bonds. The lowest BCUT2D eigenvalue weighted by Crippen LogP contribution is -2.68. The van der Waals surface area contributed by atoms with Crippen LogP contribution in [0, 0.1) is 63.6 Å². The van der Waals surface area contributed by atoms with Crippen molar-refractivity contribution in [2.24, 2.45) is 63.6 Å². The zero-order valence-corrected chi connectivity index (χ0v) is 22.5. The first kappa shape index (κ1) is 24.6. The van der Waals surface area contributed by atoms with Gasteiger partial charge in [-0.15, -0.1) is 0 Å². The number of aliphatic hydroxyl groups excluding tert-OH is 2. The van der Waals surface area contributed by atoms with Crippen molar-refractivity contribution in [1.29, 1.82) is 0 Å². The Bertz CT molecular complexity index is 766. The van der Waals surface area contributed by atoms with E-state index >= 15 is 0 Å². The van der Waals surface area contributed by atoms with Gasteiger partial charge in [0, 0.05) is 11.8 Å². The normalized spacial score (nSPS) is 57.7. The Labute approximate surface area is 203 Å². The fourth-order valence-corrected chi connectivity index (χ4v) is 10.9. The van der Waals surface area contributed by atoms with E-state index in [1.165, 1.54) is 32.1 Å². The molecule has 5 aliphatic rings. The SMILES string of the molecule is CC(C)[C@@H](C)[C@@]1(C)C[C@@H]1[C@@H](C)[C@H]1CCC2C3C[C@@H](O)[C@@]4(O)C[C@@H](O)CC[C@]4(C)C3CC[C@@]21C. The second-order valence-electron chi connectivity index (χ2n) is 14.8. The Balaban J connectivity index is 1.37. The van der Waals surface area contributed by atoms with Crippen LogP contribution in [0.1, 0.15) is 106 Å². The minimum Gasteiger partial charge on any atom is -0.393 e. The quantitative estimate of drug-likeness (QED) is 0.479. The Morgan fingerprint density at radius 2 is 1.48 bits per heavy atom. The first-order valence-electron chi connectivity index (χ1n) is 14.4. The van der Waals surface area contributed by atoms with Gasteiger partial charge < -0.3 is 15.3 Å². The highest BCUT2D eigenvalue weighted by Gasteiger charge is 2.68. The van der Waals surface area contributed by atoms with Gasteiger partial charge in [-0.25, -0.2) is 0 Å². The molecule has 190 valence electrons. The van der Waals surface area contributed by atoms with Crippen molar-refractivity contribution in [2.75, 3.05) is 0 Å². The Kier molecular flexibility index (Phi) is 5.72. The lowest BCUT2D eigenvalue weighted by Gasteiger charge is -2.65. The van der Waals surface area contributed by atoms with Crippen molar-refractivity contribution in [1.82, 2.24) is 0 Å². The summed E-state index contributed by atoms with van der Waals surface area (Å²) in [6.45, 7) is 17.3. The Hall–Kier alpha value is -0.120. The summed E-state index contributed by atoms with van der Waals surface area (Å²) < 4.78 is 0. The van der Waals surface area contributed by atoms with E-state index in [0.717, 1.165) is 48.9 Å². The van der Waals surface area contributed by atoms with Gasteiger partial charge in [0.25, 0.3) is 0 Å². The molecule has 0 aliphatic heterocycles. The molecule has 0 aromatic heterocycles. The minimum atomic E-state index is -1.12. The lowest BCUT2D eigenvalue weighted by atomic mass is 9.42. The summed E-state index contributed by atoms with van der Waals surface area (Å²) in [4.78, 5) is 0. The predicted molar refractivity (Wildman–Crippen MR) is 133 cm³/mol. The summed E-state index contributed by atoms with van der Waals surface area (Å²) in [6.07, 6.45) is 8.06. The first-order valence-corrected chi connectivity index (χ1v) is 14.4. The second kappa shape index (κ2) is 7.69. The molecule has 0 radical (unpaired) electrons. The summed E-state index contributed by atoms with van der Waals surface area (Å²) in [6, 6.07) is 0. The van der Waals surface area contributed by atoms with Gasteiger partial charge >= 0.3 is 0 Å². The third-order valence-electron chi connectivity index (χ3n) is 13.6. The van der Waals surface area contributed by atoms with Gasteiger partial charge in [-0.1, -0.05) is 48.5 Å². The van der Waals surface area contributed by atoms with Gasteiger partial charge in [-0.05, 0) is 110 Å². The molecular weight excluding hydrogens is 408 g/mol. The first-order chi connectivity index (χ1) is 15.3. The molecule has 0 bridgehead atoms. The number of rotatable bonds is 4. The van der Waals surface area contributed by atoms with Crippen LogP contribution in [0.2, 0.25) is 0 Å². The maximum absolute atomic E-state index is 11.7. The highest BCUT2D eigenvalue weighted by molar-refractivity contribution is 5.18. The molecule has 0 aromatic rings. The van der Waals surface area contributed by atoms with Crippen LogP contribution in [0.3, 0.4) is 0 Å². The number of hydrogen-bond donors (Lipinski definition) is 3. The third-order valence-corrected chi connectivity index (χ3v) is 13.6. The average Bonchev–Trinajstić information content (AvgIpc) is 3.31. The molecule has 5 fully saturated rings. The maximum Gasteiger partial charge on any atom is 0.0985 e. The van der Waals surface area contributed by atoms with Gasteiger partial charge in [-0.3, -0.25) is 0 Å². The van der Waals surface area contributed by atoms with Crippen LogP contribution in [-0.4, -0.2) is 33.1 Å². The van der Waals surface area contributed by atoms with Gasteiger partial charge in [0.1, 0.15) is 0 Å². The highest BCUT2D eigenvalue weighted by atomic mass is 16.3. The summed E-state index contributed by atoms with van der Waals surface area (Å²) >= 11 is 0. The van der Waals surface area contributed by atoms with E-state index in [0.29, 0.717) is 35.0 Å². The van der Waals surface area contributed by atoms with E-state index in [9.17, 15) is 15.3 Å². The topological polar surface area (TPSA) is 60.7 Å². The minimum absolute atomic E-state index is 0.263. The molecule has 0 aromatic carbocycles. The van der Waals surface area contributed by atoms with Crippen molar-refractivity contribution < 1.29 is 15.3 Å². The van der Waals surface area contributed by atoms with Crippen molar-refractivity contribution in [3.63, 3.8) is 0 Å². The maximum atomic E-state index is 11.7. The van der Waals surface area contributed by atoms with Crippen LogP contribution in [-0.2, 0) is 0 Å². The van der Waals surface area contributed by atoms with E-state index < -0.39 is 17.8 Å². The van der Waals surface area contributed by atoms with E-state index in [1.54, 1.807) is 0 Å². The number of hydrogen-bond acceptors (Lipinski definition) is 3. The van der Waals surface area contributed by atoms with Gasteiger partial charge in [0.05, 0.1) is 17.8 Å².